The summed E-state index contributed by atoms with van der Waals surface area (Å²) in [4.78, 5) is 61.1. The number of primary amides is 1. The molecule has 0 aromatic rings. The average Bonchev–Trinajstić information content (AvgIpc) is 3.13. The highest BCUT2D eigenvalue weighted by molar-refractivity contribution is 5.94. The van der Waals surface area contributed by atoms with Crippen molar-refractivity contribution in [3.63, 3.8) is 0 Å². The average molecular weight is 413 g/mol. The maximum atomic E-state index is 13.0. The second-order valence-electron chi connectivity index (χ2n) is 7.55. The van der Waals surface area contributed by atoms with Gasteiger partial charge in [0.05, 0.1) is 6.54 Å². The normalized spacial score (nSPS) is 18.2. The van der Waals surface area contributed by atoms with Crippen molar-refractivity contribution in [1.29, 1.82) is 0 Å². The van der Waals surface area contributed by atoms with E-state index in [0.29, 0.717) is 25.8 Å². The summed E-state index contributed by atoms with van der Waals surface area (Å²) in [6.07, 6.45) is 1.03. The van der Waals surface area contributed by atoms with E-state index in [1.165, 1.54) is 4.90 Å². The minimum absolute atomic E-state index is 0.0397. The maximum absolute atomic E-state index is 13.0. The van der Waals surface area contributed by atoms with Gasteiger partial charge in [-0.15, -0.1) is 0 Å². The van der Waals surface area contributed by atoms with Gasteiger partial charge in [-0.2, -0.15) is 0 Å². The molecular weight excluding hydrogens is 382 g/mol. The summed E-state index contributed by atoms with van der Waals surface area (Å²) in [5.74, 6) is -3.40. The monoisotopic (exact) mass is 413 g/mol. The smallest absolute Gasteiger partial charge is 0.326 e. The summed E-state index contributed by atoms with van der Waals surface area (Å²) < 4.78 is 0. The molecule has 11 nitrogen and oxygen atoms in total. The van der Waals surface area contributed by atoms with Crippen molar-refractivity contribution >= 4 is 29.6 Å². The van der Waals surface area contributed by atoms with Gasteiger partial charge in [0.2, 0.25) is 23.6 Å². The van der Waals surface area contributed by atoms with Crippen molar-refractivity contribution in [3.8, 4) is 0 Å². The first-order valence-corrected chi connectivity index (χ1v) is 9.68. The molecule has 0 bridgehead atoms. The molecule has 1 saturated heterocycles. The largest absolute Gasteiger partial charge is 0.480 e. The Morgan fingerprint density at radius 3 is 2.31 bits per heavy atom. The van der Waals surface area contributed by atoms with Crippen LogP contribution in [0.3, 0.4) is 0 Å². The van der Waals surface area contributed by atoms with Gasteiger partial charge in [-0.1, -0.05) is 13.8 Å². The van der Waals surface area contributed by atoms with E-state index in [-0.39, 0.29) is 25.3 Å². The zero-order valence-corrected chi connectivity index (χ0v) is 16.8. The molecule has 1 heterocycles. The van der Waals surface area contributed by atoms with Crippen LogP contribution in [0.15, 0.2) is 0 Å². The number of carboxylic acid groups (broad SMARTS) is 1. The van der Waals surface area contributed by atoms with E-state index in [0.717, 1.165) is 0 Å². The first-order valence-electron chi connectivity index (χ1n) is 9.68. The minimum atomic E-state index is -1.09. The number of nitrogens with two attached hydrogens (primary N) is 2. The molecule has 0 aromatic carbocycles. The highest BCUT2D eigenvalue weighted by Crippen LogP contribution is 2.20. The molecule has 1 aliphatic heterocycles. The van der Waals surface area contributed by atoms with Crippen molar-refractivity contribution in [3.05, 3.63) is 0 Å². The number of hydrogen-bond donors (Lipinski definition) is 5. The lowest BCUT2D eigenvalue weighted by Crippen LogP contribution is -2.56. The van der Waals surface area contributed by atoms with Crippen LogP contribution in [0.5, 0.6) is 0 Å². The molecule has 3 unspecified atom stereocenters. The number of nitrogens with one attached hydrogen (secondary N) is 2. The number of hydrogen-bond acceptors (Lipinski definition) is 6. The molecule has 3 atom stereocenters. The van der Waals surface area contributed by atoms with Crippen molar-refractivity contribution < 1.29 is 29.1 Å². The fraction of sp³-hybridized carbons (Fsp3) is 0.722. The van der Waals surface area contributed by atoms with Gasteiger partial charge in [0.15, 0.2) is 0 Å². The Hall–Kier alpha value is -2.69. The summed E-state index contributed by atoms with van der Waals surface area (Å²) in [6.45, 7) is 3.69. The second kappa shape index (κ2) is 11.3. The van der Waals surface area contributed by atoms with E-state index >= 15 is 0 Å². The van der Waals surface area contributed by atoms with Gasteiger partial charge in [0.1, 0.15) is 18.1 Å². The van der Waals surface area contributed by atoms with Gasteiger partial charge in [-0.25, -0.2) is 4.79 Å². The molecule has 29 heavy (non-hydrogen) atoms. The maximum Gasteiger partial charge on any atom is 0.326 e. The van der Waals surface area contributed by atoms with E-state index in [1.54, 1.807) is 0 Å². The number of aliphatic carboxylic acids is 1. The highest BCUT2D eigenvalue weighted by atomic mass is 16.4. The lowest BCUT2D eigenvalue weighted by Gasteiger charge is -2.29. The molecule has 1 aliphatic rings. The van der Waals surface area contributed by atoms with Crippen LogP contribution in [-0.2, 0) is 24.0 Å². The Kier molecular flexibility index (Phi) is 9.53. The summed E-state index contributed by atoms with van der Waals surface area (Å²) in [6, 6.07) is -2.96. The third-order valence-electron chi connectivity index (χ3n) is 4.66. The zero-order valence-electron chi connectivity index (χ0n) is 16.8. The fourth-order valence-corrected chi connectivity index (χ4v) is 3.26. The third kappa shape index (κ3) is 7.68. The molecule has 0 aromatic heterocycles. The zero-order chi connectivity index (χ0) is 22.1. The molecule has 164 valence electrons. The summed E-state index contributed by atoms with van der Waals surface area (Å²) in [5, 5.41) is 14.4. The summed E-state index contributed by atoms with van der Waals surface area (Å²) in [7, 11) is 0. The van der Waals surface area contributed by atoms with Crippen LogP contribution in [0.1, 0.15) is 46.0 Å². The molecule has 0 aliphatic carbocycles. The quantitative estimate of drug-likeness (QED) is 0.267. The van der Waals surface area contributed by atoms with Crippen LogP contribution in [0.2, 0.25) is 0 Å². The van der Waals surface area contributed by atoms with Crippen molar-refractivity contribution in [1.82, 2.24) is 15.5 Å². The Balaban J connectivity index is 2.96. The van der Waals surface area contributed by atoms with Crippen LogP contribution in [0.25, 0.3) is 0 Å². The predicted octanol–water partition coefficient (Wildman–Crippen LogP) is -1.70. The third-order valence-corrected chi connectivity index (χ3v) is 4.66. The van der Waals surface area contributed by atoms with Gasteiger partial charge >= 0.3 is 5.97 Å². The molecular formula is C18H31N5O6. The van der Waals surface area contributed by atoms with Crippen LogP contribution in [0.4, 0.5) is 0 Å². The molecule has 0 radical (unpaired) electrons. The Labute approximate surface area is 169 Å². The number of carbonyl (C=O) groups is 5. The fourth-order valence-electron chi connectivity index (χ4n) is 3.26. The van der Waals surface area contributed by atoms with Crippen LogP contribution in [-0.4, -0.2) is 70.8 Å². The molecule has 11 heteroatoms. The Morgan fingerprint density at radius 1 is 1.14 bits per heavy atom. The second-order valence-corrected chi connectivity index (χ2v) is 7.55. The van der Waals surface area contributed by atoms with Crippen molar-refractivity contribution in [2.24, 2.45) is 17.4 Å². The number of carboxylic acids is 1. The minimum Gasteiger partial charge on any atom is -0.480 e. The summed E-state index contributed by atoms with van der Waals surface area (Å²) in [5.41, 5.74) is 10.4. The molecule has 0 spiro atoms. The van der Waals surface area contributed by atoms with Crippen molar-refractivity contribution in [2.75, 3.05) is 13.1 Å². The topological polar surface area (TPSA) is 185 Å². The first kappa shape index (κ1) is 24.3. The SMILES string of the molecule is CC(C)CC(NC(=O)C(CCC(N)=O)NC(=O)CN)C(=O)N1CCCC1C(=O)O. The molecule has 0 saturated carbocycles. The van der Waals surface area contributed by atoms with E-state index in [9.17, 15) is 29.1 Å². The summed E-state index contributed by atoms with van der Waals surface area (Å²) >= 11 is 0. The molecule has 1 rings (SSSR count). The molecule has 4 amide bonds. The number of likely N-dealkylation sites (tertiary alicyclic amines) is 1. The van der Waals surface area contributed by atoms with E-state index < -0.39 is 47.7 Å². The number of nitrogens with zero attached hydrogens (tertiary/aromatic N) is 1. The van der Waals surface area contributed by atoms with E-state index in [4.69, 9.17) is 11.5 Å². The van der Waals surface area contributed by atoms with Gasteiger partial charge in [0.25, 0.3) is 0 Å². The highest BCUT2D eigenvalue weighted by Gasteiger charge is 2.38. The van der Waals surface area contributed by atoms with Gasteiger partial charge in [-0.05, 0) is 31.6 Å². The molecule has 1 fully saturated rings. The Morgan fingerprint density at radius 2 is 1.79 bits per heavy atom. The van der Waals surface area contributed by atoms with Gasteiger partial charge < -0.3 is 32.1 Å². The lowest BCUT2D eigenvalue weighted by atomic mass is 10.0. The number of amides is 4. The number of rotatable bonds is 11. The molecule has 7 N–H and O–H groups in total. The number of carbonyl (C=O) groups excluding carboxylic acids is 4. The van der Waals surface area contributed by atoms with Gasteiger partial charge in [0, 0.05) is 13.0 Å². The van der Waals surface area contributed by atoms with E-state index in [1.807, 2.05) is 13.8 Å². The van der Waals surface area contributed by atoms with E-state index in [2.05, 4.69) is 10.6 Å². The lowest BCUT2D eigenvalue weighted by molar-refractivity contribution is -0.149. The van der Waals surface area contributed by atoms with Crippen LogP contribution in [0, 0.1) is 5.92 Å². The predicted molar refractivity (Wildman–Crippen MR) is 103 cm³/mol. The van der Waals surface area contributed by atoms with Crippen molar-refractivity contribution in [2.45, 2.75) is 64.1 Å². The standard InChI is InChI=1S/C18H31N5O6/c1-10(2)8-12(17(27)23-7-3-4-13(23)18(28)29)22-16(26)11(5-6-14(20)24)21-15(25)9-19/h10-13H,3-9,19H2,1-2H3,(H2,20,24)(H,21,25)(H,22,26)(H,28,29). The van der Waals surface area contributed by atoms with Crippen LogP contribution >= 0.6 is 0 Å². The van der Waals surface area contributed by atoms with Crippen LogP contribution < -0.4 is 22.1 Å². The first-order chi connectivity index (χ1) is 13.6. The Bertz CT molecular complexity index is 638. The van der Waals surface area contributed by atoms with Gasteiger partial charge in [-0.3, -0.25) is 19.2 Å².